The molecule has 1 heterocycles. The highest BCUT2D eigenvalue weighted by molar-refractivity contribution is 7.89. The van der Waals surface area contributed by atoms with Crippen LogP contribution in [-0.4, -0.2) is 27.0 Å². The van der Waals surface area contributed by atoms with Crippen LogP contribution in [0.15, 0.2) is 17.0 Å². The van der Waals surface area contributed by atoms with Crippen LogP contribution in [0.5, 0.6) is 5.75 Å². The van der Waals surface area contributed by atoms with E-state index in [2.05, 4.69) is 30.8 Å². The van der Waals surface area contributed by atoms with Crippen LogP contribution in [-0.2, 0) is 14.8 Å². The number of carbonyl (C=O) groups is 1. The molecule has 2 N–H and O–H groups in total. The lowest BCUT2D eigenvalue weighted by Gasteiger charge is -2.39. The van der Waals surface area contributed by atoms with Crippen molar-refractivity contribution in [3.05, 3.63) is 17.2 Å². The Morgan fingerprint density at radius 2 is 2.04 bits per heavy atom. The third-order valence-corrected chi connectivity index (χ3v) is 8.98. The molecule has 4 rings (SSSR count). The third kappa shape index (κ3) is 2.47. The monoisotopic (exact) mass is 398 g/mol. The lowest BCUT2D eigenvalue weighted by atomic mass is 9.69. The summed E-state index contributed by atoms with van der Waals surface area (Å²) in [5.74, 6) is 0.547. The molecule has 3 aliphatic rings. The van der Waals surface area contributed by atoms with Crippen molar-refractivity contribution in [2.45, 2.75) is 51.0 Å². The van der Waals surface area contributed by atoms with Crippen molar-refractivity contribution >= 4 is 33.2 Å². The van der Waals surface area contributed by atoms with E-state index in [1.807, 2.05) is 0 Å². The molecule has 2 saturated carbocycles. The SMILES string of the molecule is CC1(C)C2CCC1(C)C(NS(=O)(=O)c1cc3c(cc1Cl)NC(=O)CO3)C2. The molecule has 1 aromatic carbocycles. The minimum atomic E-state index is -3.81. The first-order valence-electron chi connectivity index (χ1n) is 8.83. The zero-order valence-electron chi connectivity index (χ0n) is 15.1. The van der Waals surface area contributed by atoms with Crippen molar-refractivity contribution in [3.63, 3.8) is 0 Å². The van der Waals surface area contributed by atoms with Crippen LogP contribution in [0.25, 0.3) is 0 Å². The van der Waals surface area contributed by atoms with E-state index in [1.165, 1.54) is 12.1 Å². The van der Waals surface area contributed by atoms with Crippen molar-refractivity contribution in [3.8, 4) is 5.75 Å². The number of halogens is 1. The quantitative estimate of drug-likeness (QED) is 0.819. The molecule has 26 heavy (non-hydrogen) atoms. The van der Waals surface area contributed by atoms with Crippen LogP contribution in [0.4, 0.5) is 5.69 Å². The summed E-state index contributed by atoms with van der Waals surface area (Å²) in [6.45, 7) is 6.52. The van der Waals surface area contributed by atoms with E-state index in [0.717, 1.165) is 19.3 Å². The summed E-state index contributed by atoms with van der Waals surface area (Å²) < 4.78 is 34.3. The molecule has 1 aromatic rings. The van der Waals surface area contributed by atoms with Gasteiger partial charge < -0.3 is 10.1 Å². The van der Waals surface area contributed by atoms with Gasteiger partial charge in [0.1, 0.15) is 10.6 Å². The number of anilines is 1. The van der Waals surface area contributed by atoms with Crippen molar-refractivity contribution in [2.75, 3.05) is 11.9 Å². The van der Waals surface area contributed by atoms with Gasteiger partial charge in [-0.2, -0.15) is 0 Å². The summed E-state index contributed by atoms with van der Waals surface area (Å²) in [7, 11) is -3.81. The molecule has 2 aliphatic carbocycles. The van der Waals surface area contributed by atoms with Crippen LogP contribution >= 0.6 is 11.6 Å². The van der Waals surface area contributed by atoms with Gasteiger partial charge in [0.05, 0.1) is 10.7 Å². The molecular weight excluding hydrogens is 376 g/mol. The number of sulfonamides is 1. The summed E-state index contributed by atoms with van der Waals surface area (Å²) in [6, 6.07) is 2.70. The number of nitrogens with one attached hydrogen (secondary N) is 2. The van der Waals surface area contributed by atoms with Gasteiger partial charge in [-0.1, -0.05) is 32.4 Å². The Hall–Kier alpha value is -1.31. The van der Waals surface area contributed by atoms with Gasteiger partial charge in [-0.3, -0.25) is 4.79 Å². The first kappa shape index (κ1) is 18.1. The van der Waals surface area contributed by atoms with Crippen LogP contribution in [0, 0.1) is 16.7 Å². The Kier molecular flexibility index (Phi) is 3.89. The van der Waals surface area contributed by atoms with E-state index in [4.69, 9.17) is 16.3 Å². The van der Waals surface area contributed by atoms with Gasteiger partial charge in [0.15, 0.2) is 6.61 Å². The Bertz CT molecular complexity index is 899. The first-order chi connectivity index (χ1) is 12.0. The van der Waals surface area contributed by atoms with Gasteiger partial charge in [0.2, 0.25) is 10.0 Å². The van der Waals surface area contributed by atoms with E-state index in [0.29, 0.717) is 17.4 Å². The molecule has 0 radical (unpaired) electrons. The molecule has 6 nitrogen and oxygen atoms in total. The molecular formula is C18H23ClN2O4S. The van der Waals surface area contributed by atoms with Gasteiger partial charge in [0, 0.05) is 12.1 Å². The molecule has 0 spiro atoms. The largest absolute Gasteiger partial charge is 0.482 e. The second-order valence-electron chi connectivity index (χ2n) is 8.40. The highest BCUT2D eigenvalue weighted by Crippen LogP contribution is 2.65. The number of amides is 1. The zero-order valence-corrected chi connectivity index (χ0v) is 16.6. The van der Waals surface area contributed by atoms with Crippen LogP contribution in [0.1, 0.15) is 40.0 Å². The van der Waals surface area contributed by atoms with Crippen molar-refractivity contribution in [1.82, 2.24) is 4.72 Å². The van der Waals surface area contributed by atoms with Gasteiger partial charge in [-0.25, -0.2) is 13.1 Å². The van der Waals surface area contributed by atoms with Crippen LogP contribution in [0.3, 0.4) is 0 Å². The minimum absolute atomic E-state index is 0.0155. The lowest BCUT2D eigenvalue weighted by Crippen LogP contribution is -2.46. The summed E-state index contributed by atoms with van der Waals surface area (Å²) in [6.07, 6.45) is 3.01. The van der Waals surface area contributed by atoms with E-state index >= 15 is 0 Å². The Labute approximate surface area is 158 Å². The normalized spacial score (nSPS) is 32.1. The van der Waals surface area contributed by atoms with E-state index < -0.39 is 10.0 Å². The molecule has 0 aromatic heterocycles. The van der Waals surface area contributed by atoms with Crippen LogP contribution in [0.2, 0.25) is 5.02 Å². The second kappa shape index (κ2) is 5.59. The third-order valence-electron chi connectivity index (χ3n) is 7.05. The molecule has 2 bridgehead atoms. The summed E-state index contributed by atoms with van der Waals surface area (Å²) in [5, 5.41) is 2.69. The number of benzene rings is 1. The fourth-order valence-corrected chi connectivity index (χ4v) is 6.82. The fraction of sp³-hybridized carbons (Fsp3) is 0.611. The van der Waals surface area contributed by atoms with Crippen molar-refractivity contribution in [1.29, 1.82) is 0 Å². The minimum Gasteiger partial charge on any atom is -0.482 e. The molecule has 2 fully saturated rings. The second-order valence-corrected chi connectivity index (χ2v) is 10.5. The molecule has 8 heteroatoms. The zero-order chi connectivity index (χ0) is 18.9. The molecule has 3 unspecified atom stereocenters. The van der Waals surface area contributed by atoms with Gasteiger partial charge in [-0.15, -0.1) is 0 Å². The van der Waals surface area contributed by atoms with Crippen LogP contribution < -0.4 is 14.8 Å². The maximum atomic E-state index is 13.1. The van der Waals surface area contributed by atoms with Crippen molar-refractivity contribution in [2.24, 2.45) is 16.7 Å². The molecule has 142 valence electrons. The molecule has 0 saturated heterocycles. The summed E-state index contributed by atoms with van der Waals surface area (Å²) >= 11 is 6.22. The van der Waals surface area contributed by atoms with Crippen molar-refractivity contribution < 1.29 is 17.9 Å². The van der Waals surface area contributed by atoms with E-state index in [1.54, 1.807) is 0 Å². The van der Waals surface area contributed by atoms with Gasteiger partial charge in [-0.05, 0) is 42.1 Å². The number of rotatable bonds is 3. The summed E-state index contributed by atoms with van der Waals surface area (Å²) in [4.78, 5) is 11.4. The van der Waals surface area contributed by atoms with E-state index in [9.17, 15) is 13.2 Å². The highest BCUT2D eigenvalue weighted by atomic mass is 35.5. The smallest absolute Gasteiger partial charge is 0.262 e. The topological polar surface area (TPSA) is 84.5 Å². The maximum Gasteiger partial charge on any atom is 0.262 e. The average molecular weight is 399 g/mol. The Balaban J connectivity index is 1.65. The van der Waals surface area contributed by atoms with E-state index in [-0.39, 0.29) is 39.3 Å². The number of hydrogen-bond acceptors (Lipinski definition) is 4. The predicted octanol–water partition coefficient (Wildman–Crippen LogP) is 3.16. The molecule has 1 aliphatic heterocycles. The fourth-order valence-electron chi connectivity index (χ4n) is 4.92. The molecule has 1 amide bonds. The Morgan fingerprint density at radius 3 is 2.65 bits per heavy atom. The highest BCUT2D eigenvalue weighted by Gasteiger charge is 2.62. The standard InChI is InChI=1S/C18H23ClN2O4S/c1-17(2)10-4-5-18(17,3)15(6-10)21-26(23,24)14-8-13-12(7-11(14)19)20-16(22)9-25-13/h7-8,10,15,21H,4-6,9H2,1-3H3,(H,20,22). The molecule has 3 atom stereocenters. The predicted molar refractivity (Wildman–Crippen MR) is 98.9 cm³/mol. The average Bonchev–Trinajstić information content (AvgIpc) is 2.87. The number of hydrogen-bond donors (Lipinski definition) is 2. The number of carbonyl (C=O) groups excluding carboxylic acids is 1. The Morgan fingerprint density at radius 1 is 1.31 bits per heavy atom. The van der Waals surface area contributed by atoms with Gasteiger partial charge in [0.25, 0.3) is 5.91 Å². The maximum absolute atomic E-state index is 13.1. The lowest BCUT2D eigenvalue weighted by molar-refractivity contribution is -0.118. The first-order valence-corrected chi connectivity index (χ1v) is 10.7. The number of fused-ring (bicyclic) bond motifs is 3. The summed E-state index contributed by atoms with van der Waals surface area (Å²) in [5.41, 5.74) is 0.418. The van der Waals surface area contributed by atoms with Gasteiger partial charge >= 0.3 is 0 Å². The number of ether oxygens (including phenoxy) is 1.